The van der Waals surface area contributed by atoms with Gasteiger partial charge in [0, 0.05) is 24.7 Å². The molecule has 1 saturated carbocycles. The number of unbranched alkanes of at least 4 members (excludes halogenated alkanes) is 1. The van der Waals surface area contributed by atoms with Crippen LogP contribution < -0.4 is 4.74 Å². The highest BCUT2D eigenvalue weighted by Gasteiger charge is 2.48. The monoisotopic (exact) mass is 606 g/mol. The first-order valence-corrected chi connectivity index (χ1v) is 18.6. The first-order chi connectivity index (χ1) is 20.4. The Morgan fingerprint density at radius 3 is 2.47 bits per heavy atom. The molecule has 6 nitrogen and oxygen atoms in total. The van der Waals surface area contributed by atoms with E-state index in [4.69, 9.17) is 18.6 Å². The molecule has 4 rings (SSSR count). The molecule has 2 aliphatic rings. The summed E-state index contributed by atoms with van der Waals surface area (Å²) >= 11 is 0. The number of Topliss-reactive ketones (excluding diaryl/α,β-unsaturated/α-hetero) is 1. The number of ether oxygens (including phenoxy) is 3. The van der Waals surface area contributed by atoms with E-state index in [1.54, 1.807) is 7.11 Å². The van der Waals surface area contributed by atoms with Crippen molar-refractivity contribution >= 4 is 20.1 Å². The fourth-order valence-electron chi connectivity index (χ4n) is 6.06. The molecule has 0 amide bonds. The third kappa shape index (κ3) is 8.25. The number of hydrogen-bond acceptors (Lipinski definition) is 6. The lowest BCUT2D eigenvalue weighted by Gasteiger charge is -2.40. The van der Waals surface area contributed by atoms with Crippen molar-refractivity contribution < 1.29 is 28.2 Å². The summed E-state index contributed by atoms with van der Waals surface area (Å²) in [6.07, 6.45) is 9.19. The van der Waals surface area contributed by atoms with Gasteiger partial charge < -0.3 is 18.6 Å². The highest BCUT2D eigenvalue weighted by molar-refractivity contribution is 6.74. The second-order valence-corrected chi connectivity index (χ2v) is 18.3. The summed E-state index contributed by atoms with van der Waals surface area (Å²) < 4.78 is 23.4. The van der Waals surface area contributed by atoms with Crippen molar-refractivity contribution in [2.24, 2.45) is 5.92 Å². The lowest BCUT2D eigenvalue weighted by molar-refractivity contribution is -0.140. The topological polar surface area (TPSA) is 71.1 Å². The summed E-state index contributed by atoms with van der Waals surface area (Å²) in [7, 11) is 1.00. The zero-order valence-electron chi connectivity index (χ0n) is 27.1. The normalized spacial score (nSPS) is 22.3. The van der Waals surface area contributed by atoms with Crippen molar-refractivity contribution in [2.45, 2.75) is 109 Å². The second-order valence-electron chi connectivity index (χ2n) is 13.5. The maximum Gasteiger partial charge on any atom is 0.305 e. The van der Waals surface area contributed by atoms with Gasteiger partial charge in [-0.1, -0.05) is 63.3 Å². The maximum atomic E-state index is 13.5. The van der Waals surface area contributed by atoms with E-state index in [2.05, 4.69) is 64.2 Å². The molecule has 7 heteroatoms. The van der Waals surface area contributed by atoms with Crippen LogP contribution in [0, 0.1) is 5.92 Å². The number of benzene rings is 2. The van der Waals surface area contributed by atoms with Crippen LogP contribution in [0.5, 0.6) is 5.75 Å². The van der Waals surface area contributed by atoms with Gasteiger partial charge in [0.05, 0.1) is 33.0 Å². The minimum atomic E-state index is -2.09. The third-order valence-electron chi connectivity index (χ3n) is 9.62. The highest BCUT2D eigenvalue weighted by Crippen LogP contribution is 2.47. The maximum absolute atomic E-state index is 13.5. The van der Waals surface area contributed by atoms with Crippen molar-refractivity contribution in [1.29, 1.82) is 0 Å². The van der Waals surface area contributed by atoms with Gasteiger partial charge in [0.2, 0.25) is 0 Å². The molecule has 0 spiro atoms. The Balaban J connectivity index is 1.51. The van der Waals surface area contributed by atoms with E-state index >= 15 is 0 Å². The van der Waals surface area contributed by atoms with Crippen LogP contribution in [-0.2, 0) is 36.5 Å². The Hall–Kier alpha value is -2.74. The number of hydrogen-bond donors (Lipinski definition) is 0. The predicted octanol–water partition coefficient (Wildman–Crippen LogP) is 8.25. The van der Waals surface area contributed by atoms with Gasteiger partial charge in [-0.25, -0.2) is 0 Å². The molecule has 2 aromatic rings. The third-order valence-corrected chi connectivity index (χ3v) is 14.1. The van der Waals surface area contributed by atoms with E-state index in [1.807, 2.05) is 24.3 Å². The Kier molecular flexibility index (Phi) is 11.1. The number of rotatable bonds is 13. The van der Waals surface area contributed by atoms with Crippen molar-refractivity contribution in [1.82, 2.24) is 0 Å². The summed E-state index contributed by atoms with van der Waals surface area (Å²) in [5, 5.41) is 0.0601. The van der Waals surface area contributed by atoms with Crippen LogP contribution in [0.1, 0.15) is 93.6 Å². The SMILES string of the molecule is COC(=O)CCCC=CC[C@H]1C(=O)C[C@@H](O[Si](C)(C)C(C)(C)C)[C@@H]1c1ccc2c(c1)CCC2OCc1ccc(OC)cc1. The van der Waals surface area contributed by atoms with E-state index in [9.17, 15) is 9.59 Å². The zero-order valence-corrected chi connectivity index (χ0v) is 28.1. The standard InChI is InChI=1S/C36H50O6Si/c1-36(2,3)43(6,7)42-33-23-31(37)30(12-10-8-9-11-13-34(38)40-5)35(33)27-16-20-29-26(22-27)17-21-32(29)41-24-25-14-18-28(39-4)19-15-25/h8,10,14-16,18-20,22,30,32-33,35H,9,11-13,17,21,23-24H2,1-7H3/t30-,32?,33+,35+/m0/s1. The molecule has 43 heavy (non-hydrogen) atoms. The molecular formula is C36H50O6Si. The van der Waals surface area contributed by atoms with Crippen LogP contribution in [0.4, 0.5) is 0 Å². The van der Waals surface area contributed by atoms with Crippen LogP contribution in [-0.4, -0.2) is 40.4 Å². The van der Waals surface area contributed by atoms with E-state index in [0.29, 0.717) is 25.9 Å². The van der Waals surface area contributed by atoms with E-state index in [0.717, 1.165) is 37.0 Å². The molecule has 2 aliphatic carbocycles. The van der Waals surface area contributed by atoms with Gasteiger partial charge >= 0.3 is 5.97 Å². The number of carbonyl (C=O) groups excluding carboxylic acids is 2. The summed E-state index contributed by atoms with van der Waals surface area (Å²) in [6.45, 7) is 11.9. The molecule has 0 heterocycles. The van der Waals surface area contributed by atoms with Crippen LogP contribution in [0.25, 0.3) is 0 Å². The number of fused-ring (bicyclic) bond motifs is 1. The van der Waals surface area contributed by atoms with E-state index < -0.39 is 8.32 Å². The zero-order chi connectivity index (χ0) is 31.2. The van der Waals surface area contributed by atoms with Crippen LogP contribution in [0.3, 0.4) is 0 Å². The fraction of sp³-hybridized carbons (Fsp3) is 0.556. The summed E-state index contributed by atoms with van der Waals surface area (Å²) in [5.74, 6) is 0.847. The van der Waals surface area contributed by atoms with Gasteiger partial charge in [-0.05, 0) is 84.6 Å². The smallest absolute Gasteiger partial charge is 0.305 e. The molecule has 0 N–H and O–H groups in total. The Morgan fingerprint density at radius 1 is 1.05 bits per heavy atom. The fourth-order valence-corrected chi connectivity index (χ4v) is 7.40. The van der Waals surface area contributed by atoms with Crippen LogP contribution in [0.15, 0.2) is 54.6 Å². The van der Waals surface area contributed by atoms with Gasteiger partial charge in [0.25, 0.3) is 0 Å². The average molecular weight is 607 g/mol. The van der Waals surface area contributed by atoms with Gasteiger partial charge in [0.1, 0.15) is 11.5 Å². The molecule has 4 atom stereocenters. The Bertz CT molecular complexity index is 1280. The summed E-state index contributed by atoms with van der Waals surface area (Å²) in [4.78, 5) is 24.9. The van der Waals surface area contributed by atoms with Gasteiger partial charge in [-0.2, -0.15) is 0 Å². The Morgan fingerprint density at radius 2 is 1.79 bits per heavy atom. The number of ketones is 1. The first-order valence-electron chi connectivity index (χ1n) is 15.7. The number of esters is 1. The molecule has 0 saturated heterocycles. The predicted molar refractivity (Wildman–Crippen MR) is 173 cm³/mol. The molecule has 0 aromatic heterocycles. The quantitative estimate of drug-likeness (QED) is 0.0990. The van der Waals surface area contributed by atoms with Crippen molar-refractivity contribution in [2.75, 3.05) is 14.2 Å². The molecular weight excluding hydrogens is 556 g/mol. The highest BCUT2D eigenvalue weighted by atomic mass is 28.4. The van der Waals surface area contributed by atoms with Gasteiger partial charge in [-0.3, -0.25) is 9.59 Å². The summed E-state index contributed by atoms with van der Waals surface area (Å²) in [6, 6.07) is 14.8. The number of methoxy groups -OCH3 is 2. The molecule has 0 radical (unpaired) electrons. The Labute approximate surface area is 259 Å². The molecule has 234 valence electrons. The second kappa shape index (κ2) is 14.4. The molecule has 1 unspecified atom stereocenters. The molecule has 2 aromatic carbocycles. The van der Waals surface area contributed by atoms with Crippen molar-refractivity contribution in [3.63, 3.8) is 0 Å². The lowest BCUT2D eigenvalue weighted by Crippen LogP contribution is -2.44. The van der Waals surface area contributed by atoms with E-state index in [-0.39, 0.29) is 40.8 Å². The number of aryl methyl sites for hydroxylation is 1. The minimum Gasteiger partial charge on any atom is -0.497 e. The lowest BCUT2D eigenvalue weighted by atomic mass is 9.84. The molecule has 1 fully saturated rings. The summed E-state index contributed by atoms with van der Waals surface area (Å²) in [5.41, 5.74) is 4.90. The van der Waals surface area contributed by atoms with E-state index in [1.165, 1.54) is 23.8 Å². The van der Waals surface area contributed by atoms with Crippen LogP contribution >= 0.6 is 0 Å². The van der Waals surface area contributed by atoms with Gasteiger partial charge in [0.15, 0.2) is 8.32 Å². The van der Waals surface area contributed by atoms with Gasteiger partial charge in [-0.15, -0.1) is 0 Å². The number of allylic oxidation sites excluding steroid dienone is 2. The average Bonchev–Trinajstić information content (AvgIpc) is 3.51. The minimum absolute atomic E-state index is 0.0194. The largest absolute Gasteiger partial charge is 0.497 e. The first kappa shape index (κ1) is 33.2. The number of carbonyl (C=O) groups is 2. The molecule has 0 aliphatic heterocycles. The van der Waals surface area contributed by atoms with Crippen molar-refractivity contribution in [3.05, 3.63) is 76.9 Å². The molecule has 0 bridgehead atoms. The van der Waals surface area contributed by atoms with Crippen LogP contribution in [0.2, 0.25) is 18.1 Å². The van der Waals surface area contributed by atoms with Crippen molar-refractivity contribution in [3.8, 4) is 5.75 Å².